The summed E-state index contributed by atoms with van der Waals surface area (Å²) in [7, 11) is 0. The van der Waals surface area contributed by atoms with E-state index in [0.29, 0.717) is 6.04 Å². The molecule has 94 valence electrons. The fraction of sp³-hybridized carbons (Fsp3) is 0.909. The van der Waals surface area contributed by atoms with Crippen LogP contribution >= 0.6 is 0 Å². The minimum Gasteiger partial charge on any atom is -0.300 e. The molecule has 1 fully saturated rings. The molecule has 1 aliphatic heterocycles. The summed E-state index contributed by atoms with van der Waals surface area (Å²) in [5, 5.41) is 0. The third-order valence-corrected chi connectivity index (χ3v) is 3.26. The van der Waals surface area contributed by atoms with Crippen molar-refractivity contribution in [3.05, 3.63) is 0 Å². The Morgan fingerprint density at radius 3 is 2.25 bits per heavy atom. The molecule has 5 heteroatoms. The van der Waals surface area contributed by atoms with Gasteiger partial charge in [0.2, 0.25) is 5.91 Å². The number of nitrogens with one attached hydrogen (secondary N) is 1. The lowest BCUT2D eigenvalue weighted by atomic mass is 10.1. The average molecular weight is 228 g/mol. The summed E-state index contributed by atoms with van der Waals surface area (Å²) in [6.07, 6.45) is 0. The van der Waals surface area contributed by atoms with Gasteiger partial charge in [-0.1, -0.05) is 6.92 Å². The van der Waals surface area contributed by atoms with E-state index in [0.717, 1.165) is 32.7 Å². The molecule has 1 atom stereocenters. The Hall–Kier alpha value is -0.650. The predicted octanol–water partition coefficient (Wildman–Crippen LogP) is -0.362. The molecule has 1 unspecified atom stereocenters. The Bertz CT molecular complexity index is 224. The molecule has 0 spiro atoms. The topological polar surface area (TPSA) is 61.6 Å². The van der Waals surface area contributed by atoms with E-state index in [1.807, 2.05) is 6.92 Å². The Balaban J connectivity index is 2.29. The first-order chi connectivity index (χ1) is 7.54. The van der Waals surface area contributed by atoms with E-state index < -0.39 is 0 Å². The number of nitrogens with zero attached hydrogens (tertiary/aromatic N) is 2. The summed E-state index contributed by atoms with van der Waals surface area (Å²) in [4.78, 5) is 16.1. The molecule has 1 aliphatic rings. The molecule has 0 bridgehead atoms. The molecule has 1 saturated heterocycles. The molecule has 1 heterocycles. The first kappa shape index (κ1) is 13.4. The van der Waals surface area contributed by atoms with Crippen LogP contribution in [0.25, 0.3) is 0 Å². The van der Waals surface area contributed by atoms with E-state index in [2.05, 4.69) is 29.1 Å². The normalized spacial score (nSPS) is 21.1. The number of nitrogens with two attached hydrogens (primary N) is 1. The Morgan fingerprint density at radius 2 is 1.81 bits per heavy atom. The highest BCUT2D eigenvalue weighted by atomic mass is 16.2. The molecule has 0 aromatic carbocycles. The zero-order valence-electron chi connectivity index (χ0n) is 10.6. The summed E-state index contributed by atoms with van der Waals surface area (Å²) in [6.45, 7) is 11.4. The first-order valence-corrected chi connectivity index (χ1v) is 6.01. The number of piperazine rings is 1. The van der Waals surface area contributed by atoms with E-state index in [4.69, 9.17) is 5.84 Å². The van der Waals surface area contributed by atoms with Crippen LogP contribution in [0.5, 0.6) is 0 Å². The Morgan fingerprint density at radius 1 is 1.25 bits per heavy atom. The number of rotatable bonds is 4. The van der Waals surface area contributed by atoms with Crippen molar-refractivity contribution in [2.45, 2.75) is 26.8 Å². The van der Waals surface area contributed by atoms with Gasteiger partial charge >= 0.3 is 0 Å². The number of hydrogen-bond donors (Lipinski definition) is 2. The van der Waals surface area contributed by atoms with Gasteiger partial charge in [0, 0.05) is 44.7 Å². The molecule has 3 N–H and O–H groups in total. The SMILES string of the molecule is CC(CN1CCN(C(C)C)CC1)C(=O)NN. The number of hydrogen-bond acceptors (Lipinski definition) is 4. The maximum atomic E-state index is 11.3. The van der Waals surface area contributed by atoms with Gasteiger partial charge in [0.25, 0.3) is 0 Å². The largest absolute Gasteiger partial charge is 0.300 e. The van der Waals surface area contributed by atoms with E-state index in [-0.39, 0.29) is 11.8 Å². The van der Waals surface area contributed by atoms with Gasteiger partial charge in [0.1, 0.15) is 0 Å². The van der Waals surface area contributed by atoms with Gasteiger partial charge in [0.05, 0.1) is 0 Å². The van der Waals surface area contributed by atoms with E-state index in [1.54, 1.807) is 0 Å². The van der Waals surface area contributed by atoms with Gasteiger partial charge < -0.3 is 4.90 Å². The van der Waals surface area contributed by atoms with Crippen LogP contribution in [0.15, 0.2) is 0 Å². The van der Waals surface area contributed by atoms with Crippen LogP contribution in [0.2, 0.25) is 0 Å². The van der Waals surface area contributed by atoms with E-state index in [1.165, 1.54) is 0 Å². The lowest BCUT2D eigenvalue weighted by Crippen LogP contribution is -2.51. The molecule has 5 nitrogen and oxygen atoms in total. The first-order valence-electron chi connectivity index (χ1n) is 6.01. The van der Waals surface area contributed by atoms with Gasteiger partial charge in [-0.05, 0) is 13.8 Å². The van der Waals surface area contributed by atoms with Crippen LogP contribution in [-0.4, -0.2) is 54.5 Å². The van der Waals surface area contributed by atoms with Crippen LogP contribution in [0.1, 0.15) is 20.8 Å². The molecular formula is C11H24N4O. The predicted molar refractivity (Wildman–Crippen MR) is 64.6 cm³/mol. The Kier molecular flexibility index (Phi) is 5.18. The quantitative estimate of drug-likeness (QED) is 0.392. The maximum absolute atomic E-state index is 11.3. The summed E-state index contributed by atoms with van der Waals surface area (Å²) in [6, 6.07) is 0.618. The second kappa shape index (κ2) is 6.18. The van der Waals surface area contributed by atoms with Crippen LogP contribution in [0.3, 0.4) is 0 Å². The van der Waals surface area contributed by atoms with E-state index in [9.17, 15) is 4.79 Å². The highest BCUT2D eigenvalue weighted by Crippen LogP contribution is 2.08. The summed E-state index contributed by atoms with van der Waals surface area (Å²) >= 11 is 0. The molecule has 0 radical (unpaired) electrons. The fourth-order valence-corrected chi connectivity index (χ4v) is 2.07. The van der Waals surface area contributed by atoms with E-state index >= 15 is 0 Å². The Labute approximate surface area is 97.9 Å². The third-order valence-electron chi connectivity index (χ3n) is 3.26. The van der Waals surface area contributed by atoms with Crippen LogP contribution in [0, 0.1) is 5.92 Å². The summed E-state index contributed by atoms with van der Waals surface area (Å²) in [5.74, 6) is 5.00. The zero-order chi connectivity index (χ0) is 12.1. The average Bonchev–Trinajstić information content (AvgIpc) is 2.28. The van der Waals surface area contributed by atoms with Crippen molar-refractivity contribution < 1.29 is 4.79 Å². The second-order valence-corrected chi connectivity index (χ2v) is 4.84. The smallest absolute Gasteiger partial charge is 0.237 e. The van der Waals surface area contributed by atoms with Crippen LogP contribution < -0.4 is 11.3 Å². The van der Waals surface area contributed by atoms with Crippen LogP contribution in [-0.2, 0) is 4.79 Å². The van der Waals surface area contributed by atoms with Crippen molar-refractivity contribution in [2.24, 2.45) is 11.8 Å². The van der Waals surface area contributed by atoms with Crippen molar-refractivity contribution >= 4 is 5.91 Å². The third kappa shape index (κ3) is 3.73. The summed E-state index contributed by atoms with van der Waals surface area (Å²) in [5.41, 5.74) is 2.21. The fourth-order valence-electron chi connectivity index (χ4n) is 2.07. The van der Waals surface area contributed by atoms with Crippen molar-refractivity contribution in [1.29, 1.82) is 0 Å². The van der Waals surface area contributed by atoms with Gasteiger partial charge in [-0.2, -0.15) is 0 Å². The molecule has 0 aromatic rings. The molecule has 0 aromatic heterocycles. The lowest BCUT2D eigenvalue weighted by Gasteiger charge is -2.37. The minimum absolute atomic E-state index is 0.0319. The van der Waals surface area contributed by atoms with Crippen molar-refractivity contribution in [3.8, 4) is 0 Å². The minimum atomic E-state index is -0.0775. The molecule has 16 heavy (non-hydrogen) atoms. The van der Waals surface area contributed by atoms with Crippen molar-refractivity contribution in [3.63, 3.8) is 0 Å². The van der Waals surface area contributed by atoms with Crippen molar-refractivity contribution in [1.82, 2.24) is 15.2 Å². The summed E-state index contributed by atoms with van der Waals surface area (Å²) < 4.78 is 0. The van der Waals surface area contributed by atoms with Gasteiger partial charge in [-0.25, -0.2) is 5.84 Å². The molecular weight excluding hydrogens is 204 g/mol. The standard InChI is InChI=1S/C11H24N4O/c1-9(2)15-6-4-14(5-7-15)8-10(3)11(16)13-12/h9-10H,4-8,12H2,1-3H3,(H,13,16). The maximum Gasteiger partial charge on any atom is 0.237 e. The molecule has 1 amide bonds. The van der Waals surface area contributed by atoms with Crippen LogP contribution in [0.4, 0.5) is 0 Å². The number of carbonyl (C=O) groups excluding carboxylic acids is 1. The lowest BCUT2D eigenvalue weighted by molar-refractivity contribution is -0.125. The highest BCUT2D eigenvalue weighted by molar-refractivity contribution is 5.77. The van der Waals surface area contributed by atoms with Gasteiger partial charge in [-0.15, -0.1) is 0 Å². The van der Waals surface area contributed by atoms with Crippen molar-refractivity contribution in [2.75, 3.05) is 32.7 Å². The highest BCUT2D eigenvalue weighted by Gasteiger charge is 2.21. The number of amides is 1. The number of carbonyl (C=O) groups is 1. The molecule has 1 rings (SSSR count). The van der Waals surface area contributed by atoms with Gasteiger partial charge in [-0.3, -0.25) is 15.1 Å². The second-order valence-electron chi connectivity index (χ2n) is 4.84. The molecule has 0 saturated carbocycles. The monoisotopic (exact) mass is 228 g/mol. The zero-order valence-corrected chi connectivity index (χ0v) is 10.6. The number of hydrazine groups is 1. The molecule has 0 aliphatic carbocycles. The van der Waals surface area contributed by atoms with Gasteiger partial charge in [0.15, 0.2) is 0 Å².